The number of hydrogen-bond acceptors (Lipinski definition) is 3. The van der Waals surface area contributed by atoms with Crippen molar-refractivity contribution in [3.05, 3.63) is 11.6 Å². The quantitative estimate of drug-likeness (QED) is 0.304. The van der Waals surface area contributed by atoms with Gasteiger partial charge in [-0.15, -0.1) is 0 Å². The van der Waals surface area contributed by atoms with E-state index in [0.29, 0.717) is 12.3 Å². The summed E-state index contributed by atoms with van der Waals surface area (Å²) in [7, 11) is 0. The molecule has 0 radical (unpaired) electrons. The Morgan fingerprint density at radius 3 is 2.07 bits per heavy atom. The summed E-state index contributed by atoms with van der Waals surface area (Å²) >= 11 is 0. The fourth-order valence-corrected chi connectivity index (χ4v) is 1.00. The van der Waals surface area contributed by atoms with E-state index >= 15 is 0 Å². The lowest BCUT2D eigenvalue weighted by molar-refractivity contribution is -0.143. The molecule has 0 rings (SSSR count). The fourth-order valence-electron chi connectivity index (χ4n) is 1.00. The molecule has 0 saturated carbocycles. The third-order valence-corrected chi connectivity index (χ3v) is 1.74. The Morgan fingerprint density at radius 2 is 1.73 bits per heavy atom. The van der Waals surface area contributed by atoms with Crippen LogP contribution < -0.4 is 0 Å². The van der Waals surface area contributed by atoms with Crippen LogP contribution in [0.1, 0.15) is 41.0 Å². The van der Waals surface area contributed by atoms with Crippen molar-refractivity contribution in [3.8, 4) is 0 Å². The number of ether oxygens (including phenoxy) is 1. The minimum atomic E-state index is -0.516. The highest BCUT2D eigenvalue weighted by Crippen LogP contribution is 2.08. The maximum Gasteiger partial charge on any atom is 0.341 e. The second-order valence-corrected chi connectivity index (χ2v) is 4.26. The summed E-state index contributed by atoms with van der Waals surface area (Å²) in [5, 5.41) is 0. The Morgan fingerprint density at radius 1 is 1.20 bits per heavy atom. The smallest absolute Gasteiger partial charge is 0.341 e. The lowest BCUT2D eigenvalue weighted by Gasteiger charge is -2.09. The first kappa shape index (κ1) is 13.9. The zero-order chi connectivity index (χ0) is 12.0. The van der Waals surface area contributed by atoms with Gasteiger partial charge in [0.1, 0.15) is 0 Å². The first-order chi connectivity index (χ1) is 6.84. The van der Waals surface area contributed by atoms with E-state index in [4.69, 9.17) is 4.74 Å². The van der Waals surface area contributed by atoms with Crippen molar-refractivity contribution in [1.82, 2.24) is 0 Å². The molecule has 3 nitrogen and oxygen atoms in total. The number of Topliss-reactive ketones (excluding diaryl/α,β-unsaturated/α-hetero) is 1. The highest BCUT2D eigenvalue weighted by molar-refractivity contribution is 6.16. The van der Waals surface area contributed by atoms with E-state index in [9.17, 15) is 9.59 Å². The molecule has 0 atom stereocenters. The molecule has 0 aromatic heterocycles. The fraction of sp³-hybridized carbons (Fsp3) is 0.667. The molecule has 0 unspecified atom stereocenters. The van der Waals surface area contributed by atoms with E-state index in [0.717, 1.165) is 0 Å². The highest BCUT2D eigenvalue weighted by Gasteiger charge is 2.16. The van der Waals surface area contributed by atoms with Crippen molar-refractivity contribution in [2.24, 2.45) is 5.92 Å². The first-order valence-electron chi connectivity index (χ1n) is 5.26. The molecule has 0 spiro atoms. The van der Waals surface area contributed by atoms with Gasteiger partial charge in [-0.25, -0.2) is 4.79 Å². The largest absolute Gasteiger partial charge is 0.459 e. The van der Waals surface area contributed by atoms with Crippen molar-refractivity contribution in [1.29, 1.82) is 0 Å². The van der Waals surface area contributed by atoms with Gasteiger partial charge in [-0.2, -0.15) is 0 Å². The predicted octanol–water partition coefficient (Wildman–Crippen LogP) is 2.50. The van der Waals surface area contributed by atoms with Crippen LogP contribution in [0.25, 0.3) is 0 Å². The Hall–Kier alpha value is -1.12. The van der Waals surface area contributed by atoms with Crippen molar-refractivity contribution in [2.45, 2.75) is 47.1 Å². The predicted molar refractivity (Wildman–Crippen MR) is 59.4 cm³/mol. The van der Waals surface area contributed by atoms with Gasteiger partial charge >= 0.3 is 5.97 Å². The number of hydrogen-bond donors (Lipinski definition) is 0. The lowest BCUT2D eigenvalue weighted by Crippen LogP contribution is -2.18. The molecule has 0 aliphatic carbocycles. The van der Waals surface area contributed by atoms with E-state index in [1.165, 1.54) is 6.92 Å². The minimum Gasteiger partial charge on any atom is -0.459 e. The summed E-state index contributed by atoms with van der Waals surface area (Å²) in [4.78, 5) is 22.7. The topological polar surface area (TPSA) is 43.4 Å². The summed E-state index contributed by atoms with van der Waals surface area (Å²) in [5.41, 5.74) is 0.164. The van der Waals surface area contributed by atoms with Crippen LogP contribution in [0.15, 0.2) is 11.6 Å². The first-order valence-corrected chi connectivity index (χ1v) is 5.26. The average Bonchev–Trinajstić information content (AvgIpc) is 2.01. The van der Waals surface area contributed by atoms with Gasteiger partial charge in [0.05, 0.1) is 11.7 Å². The molecule has 0 aliphatic rings. The van der Waals surface area contributed by atoms with Crippen LogP contribution in [0.5, 0.6) is 0 Å². The molecule has 0 saturated heterocycles. The summed E-state index contributed by atoms with van der Waals surface area (Å²) in [6.45, 7) is 8.97. The molecule has 3 heteroatoms. The van der Waals surface area contributed by atoms with Gasteiger partial charge in [-0.05, 0) is 33.1 Å². The average molecular weight is 212 g/mol. The number of carbonyl (C=O) groups excluding carboxylic acids is 2. The number of allylic oxidation sites excluding steroid dienone is 1. The van der Waals surface area contributed by atoms with Gasteiger partial charge < -0.3 is 4.74 Å². The van der Waals surface area contributed by atoms with Gasteiger partial charge in [0.2, 0.25) is 0 Å². The van der Waals surface area contributed by atoms with Crippen molar-refractivity contribution in [2.75, 3.05) is 0 Å². The lowest BCUT2D eigenvalue weighted by atomic mass is 10.1. The maximum absolute atomic E-state index is 11.5. The second-order valence-electron chi connectivity index (χ2n) is 4.26. The Balaban J connectivity index is 4.59. The molecule has 0 N–H and O–H groups in total. The van der Waals surface area contributed by atoms with E-state index in [1.807, 2.05) is 13.8 Å². The molecule has 0 amide bonds. The zero-order valence-corrected chi connectivity index (χ0v) is 10.2. The number of esters is 1. The van der Waals surface area contributed by atoms with Crippen LogP contribution >= 0.6 is 0 Å². The Kier molecular flexibility index (Phi) is 5.90. The van der Waals surface area contributed by atoms with Crippen LogP contribution in [0.4, 0.5) is 0 Å². The molecule has 0 aliphatic heterocycles. The summed E-state index contributed by atoms with van der Waals surface area (Å²) < 4.78 is 4.98. The Labute approximate surface area is 91.5 Å². The summed E-state index contributed by atoms with van der Waals surface area (Å²) in [6, 6.07) is 0. The van der Waals surface area contributed by atoms with Crippen molar-refractivity contribution in [3.63, 3.8) is 0 Å². The molecular formula is C12H20O3. The maximum atomic E-state index is 11.5. The summed E-state index contributed by atoms with van der Waals surface area (Å²) in [6.07, 6.45) is 2.18. The van der Waals surface area contributed by atoms with E-state index < -0.39 is 5.97 Å². The molecule has 86 valence electrons. The molecule has 0 bridgehead atoms. The van der Waals surface area contributed by atoms with Crippen LogP contribution in [-0.4, -0.2) is 17.9 Å². The standard InChI is InChI=1S/C12H20O3/c1-8(2)6-7-11(10(5)13)12(14)15-9(3)4/h7-9H,6H2,1-5H3/b11-7-. The van der Waals surface area contributed by atoms with Crippen LogP contribution in [0, 0.1) is 5.92 Å². The monoisotopic (exact) mass is 212 g/mol. The second kappa shape index (κ2) is 6.38. The molecule has 0 heterocycles. The van der Waals surface area contributed by atoms with E-state index in [1.54, 1.807) is 19.9 Å². The van der Waals surface area contributed by atoms with Gasteiger partial charge in [-0.1, -0.05) is 19.9 Å². The molecule has 15 heavy (non-hydrogen) atoms. The van der Waals surface area contributed by atoms with Crippen LogP contribution in [0.3, 0.4) is 0 Å². The third kappa shape index (κ3) is 6.05. The van der Waals surface area contributed by atoms with Crippen molar-refractivity contribution < 1.29 is 14.3 Å². The van der Waals surface area contributed by atoms with Gasteiger partial charge in [0, 0.05) is 0 Å². The highest BCUT2D eigenvalue weighted by atomic mass is 16.5. The van der Waals surface area contributed by atoms with Crippen LogP contribution in [-0.2, 0) is 14.3 Å². The molecule has 0 aromatic rings. The molecule has 0 aromatic carbocycles. The molecular weight excluding hydrogens is 192 g/mol. The third-order valence-electron chi connectivity index (χ3n) is 1.74. The normalized spacial score (nSPS) is 12.1. The van der Waals surface area contributed by atoms with Crippen molar-refractivity contribution >= 4 is 11.8 Å². The van der Waals surface area contributed by atoms with Gasteiger partial charge in [0.15, 0.2) is 5.78 Å². The van der Waals surface area contributed by atoms with E-state index in [-0.39, 0.29) is 17.5 Å². The van der Waals surface area contributed by atoms with E-state index in [2.05, 4.69) is 0 Å². The Bertz CT molecular complexity index is 262. The molecule has 0 fully saturated rings. The number of rotatable bonds is 5. The van der Waals surface area contributed by atoms with Crippen LogP contribution in [0.2, 0.25) is 0 Å². The zero-order valence-electron chi connectivity index (χ0n) is 10.2. The van der Waals surface area contributed by atoms with Gasteiger partial charge in [-0.3, -0.25) is 4.79 Å². The summed E-state index contributed by atoms with van der Waals surface area (Å²) in [5.74, 6) is -0.328. The minimum absolute atomic E-state index is 0.164. The number of carbonyl (C=O) groups is 2. The van der Waals surface area contributed by atoms with Gasteiger partial charge in [0.25, 0.3) is 0 Å². The number of ketones is 1. The SMILES string of the molecule is CC(=O)/C(=C/CC(C)C)C(=O)OC(C)C.